The first kappa shape index (κ1) is 17.7. The molecule has 3 heterocycles. The Morgan fingerprint density at radius 3 is 2.74 bits per heavy atom. The van der Waals surface area contributed by atoms with Crippen LogP contribution in [0, 0.1) is 11.8 Å². The number of hydrogen-bond acceptors (Lipinski definition) is 4. The summed E-state index contributed by atoms with van der Waals surface area (Å²) in [6.45, 7) is 5.99. The van der Waals surface area contributed by atoms with Gasteiger partial charge in [-0.3, -0.25) is 14.6 Å². The molecule has 7 heteroatoms. The number of hydrogen-bond donors (Lipinski definition) is 1. The highest BCUT2D eigenvalue weighted by Crippen LogP contribution is 2.41. The molecular weight excluding hydrogens is 342 g/mol. The standard InChI is InChI=1S/C20H25N5O2/c1-13-9-17(13)20(27)25-8-7-24-12-16(23-19(24)14(25)2)10-18(26)22-11-15-5-3-4-6-21-15/h3-6,12-14,17H,7-11H2,1-2H3,(H,22,26). The molecule has 1 aliphatic heterocycles. The topological polar surface area (TPSA) is 80.1 Å². The number of pyridine rings is 1. The van der Waals surface area contributed by atoms with Crippen molar-refractivity contribution in [2.75, 3.05) is 6.54 Å². The first-order chi connectivity index (χ1) is 13.0. The summed E-state index contributed by atoms with van der Waals surface area (Å²) in [4.78, 5) is 35.6. The highest BCUT2D eigenvalue weighted by Gasteiger charge is 2.43. The zero-order valence-corrected chi connectivity index (χ0v) is 15.8. The van der Waals surface area contributed by atoms with Crippen LogP contribution in [0.3, 0.4) is 0 Å². The van der Waals surface area contributed by atoms with E-state index in [4.69, 9.17) is 0 Å². The zero-order valence-electron chi connectivity index (χ0n) is 15.8. The monoisotopic (exact) mass is 367 g/mol. The predicted molar refractivity (Wildman–Crippen MR) is 99.4 cm³/mol. The molecule has 1 fully saturated rings. The van der Waals surface area contributed by atoms with Crippen LogP contribution in [0.25, 0.3) is 0 Å². The van der Waals surface area contributed by atoms with Crippen molar-refractivity contribution < 1.29 is 9.59 Å². The van der Waals surface area contributed by atoms with Gasteiger partial charge in [-0.25, -0.2) is 4.98 Å². The van der Waals surface area contributed by atoms with Crippen molar-refractivity contribution in [2.45, 2.75) is 45.8 Å². The van der Waals surface area contributed by atoms with Gasteiger partial charge >= 0.3 is 0 Å². The van der Waals surface area contributed by atoms with Crippen molar-refractivity contribution in [1.29, 1.82) is 0 Å². The minimum absolute atomic E-state index is 0.0515. The van der Waals surface area contributed by atoms with Crippen molar-refractivity contribution in [3.63, 3.8) is 0 Å². The van der Waals surface area contributed by atoms with Gasteiger partial charge in [0.1, 0.15) is 5.82 Å². The number of fused-ring (bicyclic) bond motifs is 1. The largest absolute Gasteiger partial charge is 0.350 e. The SMILES string of the molecule is CC1CC1C(=O)N1CCn2cc(CC(=O)NCc3ccccn3)nc2C1C. The molecule has 0 bridgehead atoms. The van der Waals surface area contributed by atoms with Crippen molar-refractivity contribution in [2.24, 2.45) is 11.8 Å². The van der Waals surface area contributed by atoms with Gasteiger partial charge in [0.05, 0.1) is 30.4 Å². The Balaban J connectivity index is 1.37. The van der Waals surface area contributed by atoms with Crippen LogP contribution >= 0.6 is 0 Å². The number of nitrogens with zero attached hydrogens (tertiary/aromatic N) is 4. The quantitative estimate of drug-likeness (QED) is 0.872. The van der Waals surface area contributed by atoms with Crippen molar-refractivity contribution in [3.05, 3.63) is 47.8 Å². The van der Waals surface area contributed by atoms with Crippen LogP contribution in [0.2, 0.25) is 0 Å². The molecule has 1 N–H and O–H groups in total. The molecule has 2 aromatic rings. The maximum absolute atomic E-state index is 12.6. The minimum atomic E-state index is -0.0801. The molecule has 142 valence electrons. The fraction of sp³-hybridized carbons (Fsp3) is 0.500. The molecule has 7 nitrogen and oxygen atoms in total. The molecule has 0 aromatic carbocycles. The summed E-state index contributed by atoms with van der Waals surface area (Å²) in [6, 6.07) is 5.57. The van der Waals surface area contributed by atoms with Gasteiger partial charge in [0.2, 0.25) is 11.8 Å². The number of carbonyl (C=O) groups is 2. The molecular formula is C20H25N5O2. The second kappa shape index (κ2) is 7.13. The summed E-state index contributed by atoms with van der Waals surface area (Å²) in [5.74, 6) is 1.73. The van der Waals surface area contributed by atoms with E-state index in [-0.39, 0.29) is 30.2 Å². The predicted octanol–water partition coefficient (Wildman–Crippen LogP) is 1.70. The van der Waals surface area contributed by atoms with Gasteiger partial charge in [-0.05, 0) is 31.4 Å². The van der Waals surface area contributed by atoms with E-state index in [2.05, 4.69) is 26.8 Å². The van der Waals surface area contributed by atoms with Crippen LogP contribution in [0.5, 0.6) is 0 Å². The molecule has 2 amide bonds. The smallest absolute Gasteiger partial charge is 0.226 e. The van der Waals surface area contributed by atoms with Crippen molar-refractivity contribution >= 4 is 11.8 Å². The van der Waals surface area contributed by atoms with Crippen LogP contribution in [0.15, 0.2) is 30.6 Å². The number of nitrogens with one attached hydrogen (secondary N) is 1. The highest BCUT2D eigenvalue weighted by atomic mass is 16.2. The van der Waals surface area contributed by atoms with E-state index in [1.165, 1.54) is 0 Å². The van der Waals surface area contributed by atoms with Crippen molar-refractivity contribution in [3.8, 4) is 0 Å². The Morgan fingerprint density at radius 2 is 2.04 bits per heavy atom. The van der Waals surface area contributed by atoms with Crippen molar-refractivity contribution in [1.82, 2.24) is 24.8 Å². The lowest BCUT2D eigenvalue weighted by molar-refractivity contribution is -0.136. The van der Waals surface area contributed by atoms with E-state index < -0.39 is 0 Å². The Labute approximate surface area is 158 Å². The number of rotatable bonds is 5. The first-order valence-electron chi connectivity index (χ1n) is 9.56. The van der Waals surface area contributed by atoms with E-state index in [1.54, 1.807) is 6.20 Å². The summed E-state index contributed by atoms with van der Waals surface area (Å²) < 4.78 is 2.08. The van der Waals surface area contributed by atoms with E-state index in [0.29, 0.717) is 19.0 Å². The van der Waals surface area contributed by atoms with E-state index in [0.717, 1.165) is 30.2 Å². The normalized spacial score (nSPS) is 23.6. The van der Waals surface area contributed by atoms with Crippen LogP contribution in [0.1, 0.15) is 43.5 Å². The number of imidazole rings is 1. The van der Waals surface area contributed by atoms with E-state index >= 15 is 0 Å². The molecule has 1 saturated carbocycles. The molecule has 0 saturated heterocycles. The maximum atomic E-state index is 12.6. The van der Waals surface area contributed by atoms with Gasteiger partial charge in [0, 0.05) is 31.4 Å². The molecule has 4 rings (SSSR count). The van der Waals surface area contributed by atoms with Gasteiger partial charge < -0.3 is 14.8 Å². The Bertz CT molecular complexity index is 847. The molecule has 2 aliphatic rings. The summed E-state index contributed by atoms with van der Waals surface area (Å²) >= 11 is 0. The molecule has 3 unspecified atom stereocenters. The lowest BCUT2D eigenvalue weighted by Gasteiger charge is -2.34. The highest BCUT2D eigenvalue weighted by molar-refractivity contribution is 5.82. The first-order valence-corrected chi connectivity index (χ1v) is 9.56. The lowest BCUT2D eigenvalue weighted by atomic mass is 10.1. The molecule has 2 aromatic heterocycles. The van der Waals surface area contributed by atoms with Gasteiger partial charge in [0.15, 0.2) is 0 Å². The van der Waals surface area contributed by atoms with Gasteiger partial charge in [-0.1, -0.05) is 13.0 Å². The van der Waals surface area contributed by atoms with Crippen LogP contribution in [0.4, 0.5) is 0 Å². The number of carbonyl (C=O) groups excluding carboxylic acids is 2. The fourth-order valence-electron chi connectivity index (χ4n) is 3.73. The molecule has 0 spiro atoms. The summed E-state index contributed by atoms with van der Waals surface area (Å²) in [7, 11) is 0. The average Bonchev–Trinajstić information content (AvgIpc) is 3.25. The molecule has 27 heavy (non-hydrogen) atoms. The fourth-order valence-corrected chi connectivity index (χ4v) is 3.73. The van der Waals surface area contributed by atoms with Gasteiger partial charge in [-0.15, -0.1) is 0 Å². The third kappa shape index (κ3) is 3.72. The molecule has 0 radical (unpaired) electrons. The maximum Gasteiger partial charge on any atom is 0.226 e. The lowest BCUT2D eigenvalue weighted by Crippen LogP contribution is -2.42. The zero-order chi connectivity index (χ0) is 19.0. The Kier molecular flexibility index (Phi) is 4.68. The van der Waals surface area contributed by atoms with Crippen LogP contribution < -0.4 is 5.32 Å². The molecule has 3 atom stereocenters. The third-order valence-corrected chi connectivity index (χ3v) is 5.52. The minimum Gasteiger partial charge on any atom is -0.350 e. The Morgan fingerprint density at radius 1 is 1.22 bits per heavy atom. The van der Waals surface area contributed by atoms with E-state index in [9.17, 15) is 9.59 Å². The second-order valence-electron chi connectivity index (χ2n) is 7.59. The second-order valence-corrected chi connectivity index (χ2v) is 7.59. The number of amides is 2. The summed E-state index contributed by atoms with van der Waals surface area (Å²) in [6.07, 6.45) is 4.88. The summed E-state index contributed by atoms with van der Waals surface area (Å²) in [5, 5.41) is 2.88. The van der Waals surface area contributed by atoms with Gasteiger partial charge in [0.25, 0.3) is 0 Å². The van der Waals surface area contributed by atoms with E-state index in [1.807, 2.05) is 36.2 Å². The van der Waals surface area contributed by atoms with Crippen LogP contribution in [-0.2, 0) is 29.1 Å². The third-order valence-electron chi connectivity index (χ3n) is 5.52. The summed E-state index contributed by atoms with van der Waals surface area (Å²) in [5.41, 5.74) is 1.57. The van der Waals surface area contributed by atoms with Crippen LogP contribution in [-0.4, -0.2) is 37.8 Å². The van der Waals surface area contributed by atoms with Gasteiger partial charge in [-0.2, -0.15) is 0 Å². The average molecular weight is 367 g/mol. The Hall–Kier alpha value is -2.70. The molecule has 1 aliphatic carbocycles. The number of aromatic nitrogens is 3.